The Morgan fingerprint density at radius 1 is 1.00 bits per heavy atom. The molecule has 1 N–H and O–H groups in total. The molecule has 1 aliphatic heterocycles. The predicted octanol–water partition coefficient (Wildman–Crippen LogP) is 5.17. The molecule has 182 valence electrons. The van der Waals surface area contributed by atoms with Crippen molar-refractivity contribution in [3.8, 4) is 5.75 Å². The summed E-state index contributed by atoms with van der Waals surface area (Å²) in [5, 5.41) is 3.37. The Hall–Kier alpha value is -3.67. The third-order valence-electron chi connectivity index (χ3n) is 6.34. The second kappa shape index (κ2) is 10.3. The van der Waals surface area contributed by atoms with Crippen LogP contribution in [0.25, 0.3) is 0 Å². The van der Waals surface area contributed by atoms with Crippen molar-refractivity contribution in [3.05, 3.63) is 88.3 Å². The van der Waals surface area contributed by atoms with Gasteiger partial charge >= 0.3 is 11.9 Å². The van der Waals surface area contributed by atoms with Crippen LogP contribution in [-0.4, -0.2) is 24.3 Å². The van der Waals surface area contributed by atoms with Crippen molar-refractivity contribution in [2.75, 3.05) is 6.61 Å². The second-order valence-corrected chi connectivity index (χ2v) is 9.58. The van der Waals surface area contributed by atoms with Gasteiger partial charge < -0.3 is 14.8 Å². The number of hydrogen-bond donors (Lipinski definition) is 1. The van der Waals surface area contributed by atoms with E-state index in [9.17, 15) is 14.4 Å². The summed E-state index contributed by atoms with van der Waals surface area (Å²) in [6, 6.07) is 17.0. The van der Waals surface area contributed by atoms with E-state index in [2.05, 4.69) is 17.4 Å². The molecule has 1 aliphatic carbocycles. The van der Waals surface area contributed by atoms with Crippen LogP contribution >= 0.6 is 0 Å². The van der Waals surface area contributed by atoms with Crippen LogP contribution in [-0.2, 0) is 19.1 Å². The fraction of sp³-hybridized carbons (Fsp3) is 0.345. The predicted molar refractivity (Wildman–Crippen MR) is 133 cm³/mol. The van der Waals surface area contributed by atoms with Gasteiger partial charge in [-0.25, -0.2) is 4.79 Å². The molecule has 6 nitrogen and oxygen atoms in total. The molecule has 4 rings (SSSR count). The van der Waals surface area contributed by atoms with Crippen LogP contribution in [0.5, 0.6) is 5.75 Å². The lowest BCUT2D eigenvalue weighted by Gasteiger charge is -2.36. The lowest BCUT2D eigenvalue weighted by Crippen LogP contribution is -2.36. The van der Waals surface area contributed by atoms with Crippen molar-refractivity contribution in [2.24, 2.45) is 5.92 Å². The lowest BCUT2D eigenvalue weighted by atomic mass is 9.71. The molecular formula is C29H31NO5. The number of dihydropyridines is 1. The normalized spacial score (nSPS) is 19.9. The van der Waals surface area contributed by atoms with Gasteiger partial charge in [-0.15, -0.1) is 0 Å². The average Bonchev–Trinajstić information content (AvgIpc) is 2.82. The number of Topliss-reactive ketones (excluding diaryl/α,β-unsaturated/α-hetero) is 1. The van der Waals surface area contributed by atoms with E-state index in [1.807, 2.05) is 39.0 Å². The third kappa shape index (κ3) is 5.37. The molecule has 2 aromatic rings. The third-order valence-corrected chi connectivity index (χ3v) is 6.34. The summed E-state index contributed by atoms with van der Waals surface area (Å²) < 4.78 is 10.8. The van der Waals surface area contributed by atoms with E-state index in [0.29, 0.717) is 42.0 Å². The summed E-state index contributed by atoms with van der Waals surface area (Å²) in [5.41, 5.74) is 4.49. The maximum atomic E-state index is 13.6. The molecule has 0 saturated carbocycles. The Bertz CT molecular complexity index is 1190. The van der Waals surface area contributed by atoms with E-state index in [-0.39, 0.29) is 17.6 Å². The molecule has 0 fully saturated rings. The largest absolute Gasteiger partial charge is 0.462 e. The first-order valence-electron chi connectivity index (χ1n) is 12.0. The fourth-order valence-corrected chi connectivity index (χ4v) is 4.82. The Kier molecular flexibility index (Phi) is 7.20. The Morgan fingerprint density at radius 2 is 1.69 bits per heavy atom. The van der Waals surface area contributed by atoms with Crippen molar-refractivity contribution >= 4 is 17.7 Å². The molecule has 2 aliphatic rings. The molecule has 6 heteroatoms. The van der Waals surface area contributed by atoms with Gasteiger partial charge in [-0.2, -0.15) is 0 Å². The highest BCUT2D eigenvalue weighted by molar-refractivity contribution is 6.04. The Labute approximate surface area is 206 Å². The van der Waals surface area contributed by atoms with Crippen LogP contribution < -0.4 is 10.1 Å². The first kappa shape index (κ1) is 24.5. The standard InChI is InChI=1S/C29H31NO5/c1-17(2)16-34-29(33)26-18(3)30-24-14-22(20-8-6-5-7-9-20)15-25(32)28(24)27(26)21-10-12-23(13-11-21)35-19(4)31/h5-13,17,22,27,30H,14-16H2,1-4H3/t22-,27-/m0/s1. The van der Waals surface area contributed by atoms with Crippen LogP contribution in [0, 0.1) is 5.92 Å². The zero-order chi connectivity index (χ0) is 25.1. The summed E-state index contributed by atoms with van der Waals surface area (Å²) >= 11 is 0. The topological polar surface area (TPSA) is 81.7 Å². The van der Waals surface area contributed by atoms with E-state index in [1.165, 1.54) is 6.92 Å². The van der Waals surface area contributed by atoms with E-state index in [0.717, 1.165) is 16.8 Å². The van der Waals surface area contributed by atoms with Gasteiger partial charge in [0.15, 0.2) is 5.78 Å². The first-order valence-corrected chi connectivity index (χ1v) is 12.0. The number of esters is 2. The minimum absolute atomic E-state index is 0.0170. The lowest BCUT2D eigenvalue weighted by molar-refractivity contribution is -0.140. The zero-order valence-electron chi connectivity index (χ0n) is 20.6. The SMILES string of the molecule is CC(=O)Oc1ccc([C@H]2C(C(=O)OCC(C)C)=C(C)NC3=C2C(=O)C[C@@H](c2ccccc2)C3)cc1. The van der Waals surface area contributed by atoms with Crippen LogP contribution in [0.1, 0.15) is 63.5 Å². The maximum absolute atomic E-state index is 13.6. The molecule has 1 heterocycles. The van der Waals surface area contributed by atoms with E-state index in [4.69, 9.17) is 9.47 Å². The molecule has 2 atom stereocenters. The summed E-state index contributed by atoms with van der Waals surface area (Å²) in [7, 11) is 0. The summed E-state index contributed by atoms with van der Waals surface area (Å²) in [6.07, 6.45) is 1.05. The molecule has 0 saturated heterocycles. The molecule has 0 amide bonds. The summed E-state index contributed by atoms with van der Waals surface area (Å²) in [4.78, 5) is 38.2. The molecule has 0 unspecified atom stereocenters. The van der Waals surface area contributed by atoms with Crippen molar-refractivity contribution < 1.29 is 23.9 Å². The molecule has 0 spiro atoms. The number of rotatable bonds is 6. The van der Waals surface area contributed by atoms with Gasteiger partial charge in [-0.1, -0.05) is 56.3 Å². The second-order valence-electron chi connectivity index (χ2n) is 9.58. The van der Waals surface area contributed by atoms with E-state index in [1.54, 1.807) is 24.3 Å². The smallest absolute Gasteiger partial charge is 0.336 e. The van der Waals surface area contributed by atoms with E-state index < -0.39 is 17.9 Å². The van der Waals surface area contributed by atoms with Crippen LogP contribution in [0.2, 0.25) is 0 Å². The number of nitrogens with one attached hydrogen (secondary N) is 1. The zero-order valence-corrected chi connectivity index (χ0v) is 20.6. The van der Waals surface area contributed by atoms with Crippen molar-refractivity contribution in [3.63, 3.8) is 0 Å². The highest BCUT2D eigenvalue weighted by Gasteiger charge is 2.41. The monoisotopic (exact) mass is 473 g/mol. The Balaban J connectivity index is 1.75. The van der Waals surface area contributed by atoms with Crippen molar-refractivity contribution in [1.82, 2.24) is 5.32 Å². The van der Waals surface area contributed by atoms with Gasteiger partial charge in [0.25, 0.3) is 0 Å². The molecule has 0 bridgehead atoms. The average molecular weight is 474 g/mol. The number of benzene rings is 2. The number of allylic oxidation sites excluding steroid dienone is 3. The number of hydrogen-bond acceptors (Lipinski definition) is 6. The highest BCUT2D eigenvalue weighted by atomic mass is 16.5. The fourth-order valence-electron chi connectivity index (χ4n) is 4.82. The van der Waals surface area contributed by atoms with Gasteiger partial charge in [0, 0.05) is 36.2 Å². The van der Waals surface area contributed by atoms with Crippen LogP contribution in [0.4, 0.5) is 0 Å². The van der Waals surface area contributed by atoms with Gasteiger partial charge in [0.2, 0.25) is 0 Å². The minimum Gasteiger partial charge on any atom is -0.462 e. The molecule has 35 heavy (non-hydrogen) atoms. The van der Waals surface area contributed by atoms with Gasteiger partial charge in [0.1, 0.15) is 5.75 Å². The molecular weight excluding hydrogens is 442 g/mol. The number of carbonyl (C=O) groups excluding carboxylic acids is 3. The van der Waals surface area contributed by atoms with Crippen molar-refractivity contribution in [2.45, 2.75) is 52.4 Å². The number of ether oxygens (including phenoxy) is 2. The van der Waals surface area contributed by atoms with Gasteiger partial charge in [-0.3, -0.25) is 9.59 Å². The molecule has 0 radical (unpaired) electrons. The van der Waals surface area contributed by atoms with Gasteiger partial charge in [0.05, 0.1) is 12.2 Å². The molecule has 2 aromatic carbocycles. The molecule has 0 aromatic heterocycles. The summed E-state index contributed by atoms with van der Waals surface area (Å²) in [5.74, 6) is -0.701. The van der Waals surface area contributed by atoms with Crippen LogP contribution in [0.3, 0.4) is 0 Å². The van der Waals surface area contributed by atoms with Crippen LogP contribution in [0.15, 0.2) is 77.1 Å². The highest BCUT2D eigenvalue weighted by Crippen LogP contribution is 2.45. The van der Waals surface area contributed by atoms with Crippen molar-refractivity contribution in [1.29, 1.82) is 0 Å². The maximum Gasteiger partial charge on any atom is 0.336 e. The quantitative estimate of drug-likeness (QED) is 0.460. The Morgan fingerprint density at radius 3 is 2.31 bits per heavy atom. The summed E-state index contributed by atoms with van der Waals surface area (Å²) in [6.45, 7) is 7.45. The first-order chi connectivity index (χ1) is 16.7. The number of carbonyl (C=O) groups is 3. The van der Waals surface area contributed by atoms with E-state index >= 15 is 0 Å². The minimum atomic E-state index is -0.554. The van der Waals surface area contributed by atoms with Gasteiger partial charge in [-0.05, 0) is 48.4 Å². The number of ketones is 1.